The van der Waals surface area contributed by atoms with E-state index < -0.39 is 49.0 Å². The molecule has 0 aliphatic heterocycles. The zero-order chi connectivity index (χ0) is 75.0. The number of alkyl halides is 18. The molecule has 0 bridgehead atoms. The van der Waals surface area contributed by atoms with Crippen LogP contribution in [0.5, 0.6) is 46.0 Å². The van der Waals surface area contributed by atoms with E-state index in [0.29, 0.717) is 33.4 Å². The first kappa shape index (κ1) is 86.4. The fourth-order valence-electron chi connectivity index (χ4n) is 8.12. The number of benzene rings is 6. The molecule has 0 unspecified atom stereocenters. The fourth-order valence-corrected chi connectivity index (χ4v) is 8.12. The lowest BCUT2D eigenvalue weighted by atomic mass is 9.84. The lowest BCUT2D eigenvalue weighted by Gasteiger charge is -2.23. The molecule has 0 aliphatic carbocycles. The number of ether oxygens (including phenoxy) is 6. The summed E-state index contributed by atoms with van der Waals surface area (Å²) in [6, 6.07) is 26.9. The third-order valence-corrected chi connectivity index (χ3v) is 12.5. The molecule has 6 aromatic carbocycles. The molecule has 0 saturated carbocycles. The molecule has 0 radical (unpaired) electrons. The predicted molar refractivity (Wildman–Crippen MR) is 326 cm³/mol. The van der Waals surface area contributed by atoms with Crippen molar-refractivity contribution in [2.45, 2.75) is 209 Å². The summed E-state index contributed by atoms with van der Waals surface area (Å²) in [6.07, 6.45) is -28.1. The second-order valence-electron chi connectivity index (χ2n) is 27.2. The Bertz CT molecular complexity index is 3190. The van der Waals surface area contributed by atoms with Gasteiger partial charge in [-0.2, -0.15) is 0 Å². The maximum Gasteiger partial charge on any atom is 0.573 e. The first-order valence-corrected chi connectivity index (χ1v) is 28.7. The van der Waals surface area contributed by atoms with Crippen LogP contribution < -0.4 is 28.4 Å². The Morgan fingerprint density at radius 1 is 0.250 bits per heavy atom. The highest BCUT2D eigenvalue weighted by atomic mass is 19.4. The summed E-state index contributed by atoms with van der Waals surface area (Å²) in [5.41, 5.74) is 3.21. The third kappa shape index (κ3) is 34.9. The van der Waals surface area contributed by atoms with E-state index in [4.69, 9.17) is 10.2 Å². The minimum Gasteiger partial charge on any atom is -0.508 e. The Hall–Kier alpha value is -7.62. The van der Waals surface area contributed by atoms with Crippen LogP contribution >= 0.6 is 0 Å². The number of hydrogen-bond acceptors (Lipinski definition) is 10. The van der Waals surface area contributed by atoms with Crippen LogP contribution in [0.1, 0.15) is 169 Å². The lowest BCUT2D eigenvalue weighted by molar-refractivity contribution is -0.275. The van der Waals surface area contributed by atoms with Gasteiger partial charge >= 0.3 is 38.2 Å². The quantitative estimate of drug-likeness (QED) is 0.109. The van der Waals surface area contributed by atoms with Crippen molar-refractivity contribution in [2.75, 3.05) is 0 Å². The topological polar surface area (TPSA) is 136 Å². The molecule has 0 aliphatic rings. The highest BCUT2D eigenvalue weighted by Gasteiger charge is 2.36. The van der Waals surface area contributed by atoms with Gasteiger partial charge in [0.2, 0.25) is 0 Å². The summed E-state index contributed by atoms with van der Waals surface area (Å²) in [5.74, 6) is -1.61. The van der Waals surface area contributed by atoms with Crippen LogP contribution in [0, 0.1) is 0 Å². The molecule has 540 valence electrons. The minimum absolute atomic E-state index is 0.0398. The first-order chi connectivity index (χ1) is 42.8. The van der Waals surface area contributed by atoms with Gasteiger partial charge in [-0.05, 0) is 151 Å². The summed E-state index contributed by atoms with van der Waals surface area (Å²) >= 11 is 0. The number of rotatable bonds is 8. The number of halogens is 18. The summed E-state index contributed by atoms with van der Waals surface area (Å²) in [5, 5.41) is 37.3. The molecule has 6 aromatic rings. The van der Waals surface area contributed by atoms with Gasteiger partial charge in [0, 0.05) is 11.1 Å². The van der Waals surface area contributed by atoms with Crippen LogP contribution in [-0.2, 0) is 45.7 Å². The first-order valence-electron chi connectivity index (χ1n) is 28.7. The van der Waals surface area contributed by atoms with E-state index >= 15 is 0 Å². The van der Waals surface area contributed by atoms with Crippen molar-refractivity contribution in [3.05, 3.63) is 166 Å². The average Bonchev–Trinajstić information content (AvgIpc) is 0.860. The maximum absolute atomic E-state index is 12.1. The molecule has 0 aromatic heterocycles. The fraction of sp³-hybridized carbons (Fsp3) is 0.471. The molecule has 0 amide bonds. The second-order valence-corrected chi connectivity index (χ2v) is 27.2. The smallest absolute Gasteiger partial charge is 0.508 e. The van der Waals surface area contributed by atoms with E-state index in [1.807, 2.05) is 83.1 Å². The van der Waals surface area contributed by atoms with Crippen LogP contribution in [-0.4, -0.2) is 58.6 Å². The van der Waals surface area contributed by atoms with Gasteiger partial charge in [-0.25, -0.2) is 0 Å². The largest absolute Gasteiger partial charge is 0.573 e. The van der Waals surface area contributed by atoms with Crippen LogP contribution in [0.3, 0.4) is 0 Å². The Balaban J connectivity index is 0.000000576. The van der Waals surface area contributed by atoms with Gasteiger partial charge in [-0.1, -0.05) is 161 Å². The van der Waals surface area contributed by atoms with Crippen LogP contribution in [0.4, 0.5) is 79.0 Å². The Kier molecular flexibility index (Phi) is 29.8. The molecule has 10 nitrogen and oxygen atoms in total. The maximum atomic E-state index is 12.1. The highest BCUT2D eigenvalue weighted by molar-refractivity contribution is 5.45. The summed E-state index contributed by atoms with van der Waals surface area (Å²) in [7, 11) is 0. The standard InChI is InChI=1S/2C12H15F3O2.2C11H13F3O2.2C11H13F3O/c2*1-11(2,3)10-6-9(17-12(13,14)15)5-4-8(10)7-16;2*1-10(2,3)8-6-7(4-5-9(8)15)16-11(12,13)14;1-10(2,3)8-4-6-9(7-5-8)15-11(12,13)14;1-10(2,3)8-5-4-6-9(7-8)15-11(12,13)14/h2*4-6,16H,7H2,1-3H3;2*4-6,15H,1-3H3;2*4-7H,1-3H3. The van der Waals surface area contributed by atoms with Crippen molar-refractivity contribution in [3.8, 4) is 46.0 Å². The van der Waals surface area contributed by atoms with Crippen molar-refractivity contribution >= 4 is 0 Å². The van der Waals surface area contributed by atoms with Gasteiger partial charge in [0.25, 0.3) is 0 Å². The van der Waals surface area contributed by atoms with Crippen molar-refractivity contribution in [2.24, 2.45) is 0 Å². The van der Waals surface area contributed by atoms with Crippen molar-refractivity contribution in [3.63, 3.8) is 0 Å². The molecule has 4 N–H and O–H groups in total. The van der Waals surface area contributed by atoms with Gasteiger partial charge in [0.05, 0.1) is 13.2 Å². The molecule has 0 spiro atoms. The average molecular weight is 1400 g/mol. The van der Waals surface area contributed by atoms with E-state index in [1.165, 1.54) is 84.9 Å². The van der Waals surface area contributed by atoms with E-state index in [1.54, 1.807) is 65.8 Å². The minimum atomic E-state index is -4.72. The highest BCUT2D eigenvalue weighted by Crippen LogP contribution is 2.39. The molecule has 6 rings (SSSR count). The number of phenolic OH excluding ortho intramolecular Hbond substituents is 2. The lowest BCUT2D eigenvalue weighted by Crippen LogP contribution is -2.19. The summed E-state index contributed by atoms with van der Waals surface area (Å²) < 4.78 is 239. The number of aromatic hydroxyl groups is 2. The summed E-state index contributed by atoms with van der Waals surface area (Å²) in [4.78, 5) is 0. The molecular weight excluding hydrogens is 1320 g/mol. The second kappa shape index (κ2) is 33.1. The molecular formula is C68H82F18O10. The molecule has 96 heavy (non-hydrogen) atoms. The molecule has 0 fully saturated rings. The molecule has 0 atom stereocenters. The van der Waals surface area contributed by atoms with Crippen molar-refractivity contribution in [1.29, 1.82) is 0 Å². The molecule has 28 heteroatoms. The predicted octanol–water partition coefficient (Wildman–Crippen LogP) is 21.7. The number of aliphatic hydroxyl groups is 2. The van der Waals surface area contributed by atoms with Crippen LogP contribution in [0.2, 0.25) is 0 Å². The normalized spacial score (nSPS) is 12.6. The Morgan fingerprint density at radius 3 is 0.719 bits per heavy atom. The van der Waals surface area contributed by atoms with Gasteiger partial charge in [-0.3, -0.25) is 0 Å². The van der Waals surface area contributed by atoms with Gasteiger partial charge in [0.15, 0.2) is 0 Å². The van der Waals surface area contributed by atoms with E-state index in [0.717, 1.165) is 23.3 Å². The molecule has 0 heterocycles. The molecule has 0 saturated heterocycles. The third-order valence-electron chi connectivity index (χ3n) is 12.5. The van der Waals surface area contributed by atoms with Gasteiger partial charge < -0.3 is 48.8 Å². The van der Waals surface area contributed by atoms with Crippen LogP contribution in [0.15, 0.2) is 121 Å². The number of hydrogen-bond donors (Lipinski definition) is 4. The van der Waals surface area contributed by atoms with Gasteiger partial charge in [-0.15, -0.1) is 79.0 Å². The number of aliphatic hydroxyl groups excluding tert-OH is 2. The van der Waals surface area contributed by atoms with E-state index in [9.17, 15) is 89.2 Å². The van der Waals surface area contributed by atoms with Crippen molar-refractivity contribution < 1.29 is 128 Å². The van der Waals surface area contributed by atoms with Crippen LogP contribution in [0.25, 0.3) is 0 Å². The monoisotopic (exact) mass is 1400 g/mol. The van der Waals surface area contributed by atoms with E-state index in [-0.39, 0.29) is 80.9 Å². The van der Waals surface area contributed by atoms with Gasteiger partial charge in [0.1, 0.15) is 46.0 Å². The van der Waals surface area contributed by atoms with E-state index in [2.05, 4.69) is 28.4 Å². The zero-order valence-corrected chi connectivity index (χ0v) is 56.0. The summed E-state index contributed by atoms with van der Waals surface area (Å²) in [6.45, 7) is 33.3. The van der Waals surface area contributed by atoms with Crippen molar-refractivity contribution in [1.82, 2.24) is 0 Å². The Morgan fingerprint density at radius 2 is 0.479 bits per heavy atom. The SMILES string of the molecule is CC(C)(C)c1cc(OC(F)(F)F)ccc1CO.CC(C)(C)c1cc(OC(F)(F)F)ccc1CO.CC(C)(C)c1cc(OC(F)(F)F)ccc1O.CC(C)(C)c1cc(OC(F)(F)F)ccc1O.CC(C)(C)c1ccc(OC(F)(F)F)cc1.CC(C)(C)c1cccc(OC(F)(F)F)c1. The Labute approximate surface area is 546 Å². The number of phenols is 2. The zero-order valence-electron chi connectivity index (χ0n) is 56.0.